The molecule has 0 radical (unpaired) electrons. The minimum absolute atomic E-state index is 0.242. The van der Waals surface area contributed by atoms with Crippen molar-refractivity contribution in [1.29, 1.82) is 0 Å². The van der Waals surface area contributed by atoms with Crippen molar-refractivity contribution in [2.75, 3.05) is 0 Å². The Bertz CT molecular complexity index is 769. The van der Waals surface area contributed by atoms with Crippen LogP contribution in [0.1, 0.15) is 21.7 Å². The standard InChI is InChI=1S/C16H14N4OS/c1-11-8-19-13(10-18-11)16(21)20-9-12-4-2-6-17-15(12)14-5-3-7-22-14/h2-8,10H,9H2,1H3,(H,20,21). The summed E-state index contributed by atoms with van der Waals surface area (Å²) in [4.78, 5) is 25.7. The van der Waals surface area contributed by atoms with Crippen molar-refractivity contribution in [2.45, 2.75) is 13.5 Å². The van der Waals surface area contributed by atoms with Crippen LogP contribution in [0.5, 0.6) is 0 Å². The molecule has 5 nitrogen and oxygen atoms in total. The molecule has 0 aliphatic carbocycles. The summed E-state index contributed by atoms with van der Waals surface area (Å²) in [6, 6.07) is 7.83. The Labute approximate surface area is 132 Å². The second-order valence-electron chi connectivity index (χ2n) is 4.71. The van der Waals surface area contributed by atoms with Gasteiger partial charge in [-0.2, -0.15) is 0 Å². The average molecular weight is 310 g/mol. The summed E-state index contributed by atoms with van der Waals surface area (Å²) in [6.45, 7) is 2.23. The van der Waals surface area contributed by atoms with Crippen LogP contribution in [0.4, 0.5) is 0 Å². The maximum atomic E-state index is 12.1. The molecule has 0 unspecified atom stereocenters. The number of carbonyl (C=O) groups excluding carboxylic acids is 1. The fourth-order valence-corrected chi connectivity index (χ4v) is 2.75. The number of hydrogen-bond acceptors (Lipinski definition) is 5. The van der Waals surface area contributed by atoms with E-state index in [1.165, 1.54) is 6.20 Å². The van der Waals surface area contributed by atoms with Crippen LogP contribution in [0.2, 0.25) is 0 Å². The van der Waals surface area contributed by atoms with Gasteiger partial charge in [-0.05, 0) is 30.0 Å². The number of amides is 1. The number of rotatable bonds is 4. The second kappa shape index (κ2) is 6.44. The molecule has 22 heavy (non-hydrogen) atoms. The maximum Gasteiger partial charge on any atom is 0.271 e. The minimum atomic E-state index is -0.242. The van der Waals surface area contributed by atoms with Crippen LogP contribution in [0.15, 0.2) is 48.2 Å². The summed E-state index contributed by atoms with van der Waals surface area (Å²) in [5, 5.41) is 4.87. The molecule has 3 aromatic rings. The Kier molecular flexibility index (Phi) is 4.20. The predicted molar refractivity (Wildman–Crippen MR) is 85.5 cm³/mol. The number of nitrogens with zero attached hydrogens (tertiary/aromatic N) is 3. The highest BCUT2D eigenvalue weighted by Gasteiger charge is 2.11. The monoisotopic (exact) mass is 310 g/mol. The van der Waals surface area contributed by atoms with Crippen molar-refractivity contribution in [3.05, 3.63) is 65.2 Å². The number of carbonyl (C=O) groups is 1. The Hall–Kier alpha value is -2.60. The van der Waals surface area contributed by atoms with E-state index in [1.54, 1.807) is 23.7 Å². The van der Waals surface area contributed by atoms with E-state index in [-0.39, 0.29) is 5.91 Å². The van der Waals surface area contributed by atoms with Gasteiger partial charge in [0.15, 0.2) is 0 Å². The third-order valence-corrected chi connectivity index (χ3v) is 3.98. The highest BCUT2D eigenvalue weighted by atomic mass is 32.1. The van der Waals surface area contributed by atoms with Crippen LogP contribution in [-0.4, -0.2) is 20.9 Å². The zero-order chi connectivity index (χ0) is 15.4. The van der Waals surface area contributed by atoms with E-state index in [1.807, 2.05) is 36.6 Å². The number of nitrogens with one attached hydrogen (secondary N) is 1. The molecule has 3 heterocycles. The number of hydrogen-bond donors (Lipinski definition) is 1. The molecule has 6 heteroatoms. The molecule has 0 aliphatic rings. The van der Waals surface area contributed by atoms with Crippen molar-refractivity contribution in [2.24, 2.45) is 0 Å². The lowest BCUT2D eigenvalue weighted by Crippen LogP contribution is -2.24. The zero-order valence-corrected chi connectivity index (χ0v) is 12.8. The van der Waals surface area contributed by atoms with E-state index in [9.17, 15) is 4.79 Å². The summed E-state index contributed by atoms with van der Waals surface area (Å²) >= 11 is 1.62. The summed E-state index contributed by atoms with van der Waals surface area (Å²) in [6.07, 6.45) is 4.82. The first-order valence-electron chi connectivity index (χ1n) is 6.78. The van der Waals surface area contributed by atoms with Crippen LogP contribution in [0.25, 0.3) is 10.6 Å². The smallest absolute Gasteiger partial charge is 0.271 e. The molecule has 3 rings (SSSR count). The molecule has 110 valence electrons. The van der Waals surface area contributed by atoms with Crippen molar-refractivity contribution < 1.29 is 4.79 Å². The van der Waals surface area contributed by atoms with Gasteiger partial charge in [-0.1, -0.05) is 12.1 Å². The molecule has 0 bridgehead atoms. The van der Waals surface area contributed by atoms with Crippen LogP contribution in [0.3, 0.4) is 0 Å². The predicted octanol–water partition coefficient (Wildman–Crippen LogP) is 2.84. The topological polar surface area (TPSA) is 67.8 Å². The molecule has 0 saturated carbocycles. The molecular weight excluding hydrogens is 296 g/mol. The van der Waals surface area contributed by atoms with E-state index in [2.05, 4.69) is 20.3 Å². The van der Waals surface area contributed by atoms with E-state index in [0.717, 1.165) is 21.8 Å². The maximum absolute atomic E-state index is 12.1. The third kappa shape index (κ3) is 3.17. The Morgan fingerprint density at radius 1 is 1.18 bits per heavy atom. The second-order valence-corrected chi connectivity index (χ2v) is 5.66. The molecule has 1 amide bonds. The number of aromatic nitrogens is 3. The summed E-state index contributed by atoms with van der Waals surface area (Å²) in [7, 11) is 0. The summed E-state index contributed by atoms with van der Waals surface area (Å²) < 4.78 is 0. The van der Waals surface area contributed by atoms with Crippen molar-refractivity contribution >= 4 is 17.2 Å². The Balaban J connectivity index is 1.74. The Morgan fingerprint density at radius 3 is 2.82 bits per heavy atom. The number of thiophene rings is 1. The molecule has 1 N–H and O–H groups in total. The first-order valence-corrected chi connectivity index (χ1v) is 7.66. The van der Waals surface area contributed by atoms with Gasteiger partial charge in [0.25, 0.3) is 5.91 Å². The number of pyridine rings is 1. The van der Waals surface area contributed by atoms with Gasteiger partial charge in [-0.3, -0.25) is 14.8 Å². The molecule has 0 aliphatic heterocycles. The highest BCUT2D eigenvalue weighted by molar-refractivity contribution is 7.13. The lowest BCUT2D eigenvalue weighted by molar-refractivity contribution is 0.0945. The Morgan fingerprint density at radius 2 is 2.09 bits per heavy atom. The molecule has 0 atom stereocenters. The van der Waals surface area contributed by atoms with Crippen LogP contribution in [0, 0.1) is 6.92 Å². The van der Waals surface area contributed by atoms with Crippen LogP contribution < -0.4 is 5.32 Å². The fraction of sp³-hybridized carbons (Fsp3) is 0.125. The van der Waals surface area contributed by atoms with Gasteiger partial charge in [0.05, 0.1) is 22.5 Å². The lowest BCUT2D eigenvalue weighted by Gasteiger charge is -2.08. The minimum Gasteiger partial charge on any atom is -0.346 e. The van der Waals surface area contributed by atoms with Gasteiger partial charge in [-0.25, -0.2) is 4.98 Å². The van der Waals surface area contributed by atoms with Gasteiger partial charge in [0.1, 0.15) is 5.69 Å². The molecule has 3 aromatic heterocycles. The van der Waals surface area contributed by atoms with Crippen molar-refractivity contribution in [3.63, 3.8) is 0 Å². The SMILES string of the molecule is Cc1cnc(C(=O)NCc2cccnc2-c2cccs2)cn1. The molecule has 0 saturated heterocycles. The quantitative estimate of drug-likeness (QED) is 0.804. The third-order valence-electron chi connectivity index (χ3n) is 3.10. The van der Waals surface area contributed by atoms with Crippen LogP contribution in [-0.2, 0) is 6.54 Å². The van der Waals surface area contributed by atoms with Gasteiger partial charge >= 0.3 is 0 Å². The van der Waals surface area contributed by atoms with E-state index < -0.39 is 0 Å². The molecular formula is C16H14N4OS. The van der Waals surface area contributed by atoms with Gasteiger partial charge in [0, 0.05) is 18.9 Å². The first-order chi connectivity index (χ1) is 10.7. The molecule has 0 spiro atoms. The lowest BCUT2D eigenvalue weighted by atomic mass is 10.1. The zero-order valence-electron chi connectivity index (χ0n) is 12.0. The van der Waals surface area contributed by atoms with Gasteiger partial charge in [-0.15, -0.1) is 11.3 Å². The largest absolute Gasteiger partial charge is 0.346 e. The summed E-state index contributed by atoms with van der Waals surface area (Å²) in [5.41, 5.74) is 2.96. The average Bonchev–Trinajstić information content (AvgIpc) is 3.08. The fourth-order valence-electron chi connectivity index (χ4n) is 1.99. The van der Waals surface area contributed by atoms with E-state index in [0.29, 0.717) is 12.2 Å². The molecule has 0 aromatic carbocycles. The van der Waals surface area contributed by atoms with E-state index in [4.69, 9.17) is 0 Å². The normalized spacial score (nSPS) is 10.4. The van der Waals surface area contributed by atoms with Gasteiger partial charge in [0.2, 0.25) is 0 Å². The van der Waals surface area contributed by atoms with Gasteiger partial charge < -0.3 is 5.32 Å². The first kappa shape index (κ1) is 14.3. The number of aryl methyl sites for hydroxylation is 1. The van der Waals surface area contributed by atoms with Crippen molar-refractivity contribution in [3.8, 4) is 10.6 Å². The van der Waals surface area contributed by atoms with E-state index >= 15 is 0 Å². The highest BCUT2D eigenvalue weighted by Crippen LogP contribution is 2.25. The van der Waals surface area contributed by atoms with Crippen LogP contribution >= 0.6 is 11.3 Å². The summed E-state index contributed by atoms with van der Waals surface area (Å²) in [5.74, 6) is -0.242. The van der Waals surface area contributed by atoms with Crippen molar-refractivity contribution in [1.82, 2.24) is 20.3 Å². The molecule has 0 fully saturated rings.